The minimum atomic E-state index is -1.01. The highest BCUT2D eigenvalue weighted by Crippen LogP contribution is 2.39. The van der Waals surface area contributed by atoms with Crippen molar-refractivity contribution in [1.82, 2.24) is 15.5 Å². The van der Waals surface area contributed by atoms with Crippen molar-refractivity contribution in [2.24, 2.45) is 0 Å². The van der Waals surface area contributed by atoms with E-state index in [0.717, 1.165) is 18.8 Å². The molecule has 0 aliphatic carbocycles. The van der Waals surface area contributed by atoms with Crippen LogP contribution >= 0.6 is 0 Å². The number of nitrogens with zero attached hydrogens (tertiary/aromatic N) is 2. The third-order valence-electron chi connectivity index (χ3n) is 6.83. The van der Waals surface area contributed by atoms with Gasteiger partial charge < -0.3 is 30.1 Å². The number of ether oxygens (including phenoxy) is 2. The van der Waals surface area contributed by atoms with Crippen LogP contribution in [0.1, 0.15) is 25.6 Å². The van der Waals surface area contributed by atoms with Gasteiger partial charge in [0.25, 0.3) is 0 Å². The molecule has 0 amide bonds. The molecule has 3 aromatic carbocycles. The number of halogens is 2. The molecule has 1 saturated heterocycles. The number of rotatable bonds is 7. The van der Waals surface area contributed by atoms with Gasteiger partial charge in [0, 0.05) is 47.9 Å². The van der Waals surface area contributed by atoms with E-state index in [-0.39, 0.29) is 22.6 Å². The van der Waals surface area contributed by atoms with Crippen LogP contribution < -0.4 is 25.0 Å². The van der Waals surface area contributed by atoms with Crippen molar-refractivity contribution in [1.29, 1.82) is 0 Å². The lowest BCUT2D eigenvalue weighted by Crippen LogP contribution is -2.54. The van der Waals surface area contributed by atoms with Crippen LogP contribution in [0.15, 0.2) is 48.5 Å². The molecular weight excluding hydrogens is 492 g/mol. The van der Waals surface area contributed by atoms with Crippen LogP contribution in [0.4, 0.5) is 20.3 Å². The predicted molar refractivity (Wildman–Crippen MR) is 144 cm³/mol. The maximum Gasteiger partial charge on any atom is 0.176 e. The van der Waals surface area contributed by atoms with Crippen molar-refractivity contribution in [2.75, 3.05) is 37.5 Å². The minimum Gasteiger partial charge on any atom is -0.494 e. The molecule has 5 rings (SSSR count). The number of aliphatic hydroxyl groups excluding tert-OH is 1. The topological polar surface area (TPSA) is 94.7 Å². The number of H-pyrrole nitrogens is 1. The number of hydrogen-bond acceptors (Lipinski definition) is 7. The molecule has 200 valence electrons. The quantitative estimate of drug-likeness (QED) is 0.258. The van der Waals surface area contributed by atoms with Gasteiger partial charge in [-0.25, -0.2) is 8.78 Å². The average Bonchev–Trinajstić information content (AvgIpc) is 3.30. The van der Waals surface area contributed by atoms with E-state index >= 15 is 0 Å². The molecule has 1 aliphatic rings. The molecule has 38 heavy (non-hydrogen) atoms. The zero-order valence-corrected chi connectivity index (χ0v) is 21.7. The third kappa shape index (κ3) is 4.84. The normalized spacial score (nSPS) is 18.4. The smallest absolute Gasteiger partial charge is 0.176 e. The maximum absolute atomic E-state index is 15.0. The summed E-state index contributed by atoms with van der Waals surface area (Å²) in [6.07, 6.45) is -1.01. The number of anilines is 2. The molecule has 1 aromatic heterocycles. The molecule has 1 aliphatic heterocycles. The molecule has 10 heteroatoms. The zero-order valence-electron chi connectivity index (χ0n) is 21.7. The number of nitrogens with one attached hydrogen (secondary N) is 3. The summed E-state index contributed by atoms with van der Waals surface area (Å²) in [5, 5.41) is 25.2. The number of aliphatic hydroxyl groups is 1. The van der Waals surface area contributed by atoms with Crippen LogP contribution in [0.5, 0.6) is 11.5 Å². The molecule has 0 bridgehead atoms. The lowest BCUT2D eigenvalue weighted by Gasteiger charge is -2.37. The molecule has 3 atom stereocenters. The number of hydrogen-bond donors (Lipinski definition) is 4. The van der Waals surface area contributed by atoms with Gasteiger partial charge in [-0.05, 0) is 43.7 Å². The second-order valence-corrected chi connectivity index (χ2v) is 9.63. The van der Waals surface area contributed by atoms with Gasteiger partial charge in [-0.2, -0.15) is 5.10 Å². The number of fused-ring (bicyclic) bond motifs is 1. The Bertz CT molecular complexity index is 1400. The number of benzene rings is 3. The molecule has 2 heterocycles. The Balaban J connectivity index is 1.37. The average molecular weight is 524 g/mol. The van der Waals surface area contributed by atoms with Gasteiger partial charge >= 0.3 is 0 Å². The van der Waals surface area contributed by atoms with Crippen molar-refractivity contribution in [3.63, 3.8) is 0 Å². The Hall–Kier alpha value is -3.89. The lowest BCUT2D eigenvalue weighted by atomic mass is 10.0. The highest BCUT2D eigenvalue weighted by atomic mass is 19.1. The first-order valence-electron chi connectivity index (χ1n) is 12.4. The van der Waals surface area contributed by atoms with E-state index in [9.17, 15) is 13.9 Å². The van der Waals surface area contributed by atoms with Crippen molar-refractivity contribution in [2.45, 2.75) is 32.2 Å². The summed E-state index contributed by atoms with van der Waals surface area (Å²) in [4.78, 5) is 2.33. The maximum atomic E-state index is 15.0. The first kappa shape index (κ1) is 25.7. The minimum absolute atomic E-state index is 0.125. The second kappa shape index (κ2) is 10.5. The van der Waals surface area contributed by atoms with Gasteiger partial charge in [0.2, 0.25) is 0 Å². The van der Waals surface area contributed by atoms with Crippen LogP contribution in [0, 0.1) is 11.6 Å². The number of aromatic nitrogens is 2. The number of piperazine rings is 1. The molecule has 4 aromatic rings. The molecule has 1 unspecified atom stereocenters. The first-order valence-corrected chi connectivity index (χ1v) is 12.4. The summed E-state index contributed by atoms with van der Waals surface area (Å²) >= 11 is 0. The molecule has 1 fully saturated rings. The Kier molecular flexibility index (Phi) is 7.09. The van der Waals surface area contributed by atoms with E-state index < -0.39 is 17.9 Å². The summed E-state index contributed by atoms with van der Waals surface area (Å²) in [7, 11) is 2.61. The Morgan fingerprint density at radius 3 is 2.21 bits per heavy atom. The fraction of sp³-hybridized carbons (Fsp3) is 0.321. The van der Waals surface area contributed by atoms with E-state index in [4.69, 9.17) is 9.47 Å². The first-order chi connectivity index (χ1) is 18.3. The fourth-order valence-corrected chi connectivity index (χ4v) is 5.04. The van der Waals surface area contributed by atoms with E-state index in [2.05, 4.69) is 39.6 Å². The number of methoxy groups -OCH3 is 2. The summed E-state index contributed by atoms with van der Waals surface area (Å²) in [5.74, 6) is -1.49. The van der Waals surface area contributed by atoms with E-state index in [1.165, 1.54) is 20.3 Å². The monoisotopic (exact) mass is 523 g/mol. The van der Waals surface area contributed by atoms with Gasteiger partial charge in [0.15, 0.2) is 35.2 Å². The summed E-state index contributed by atoms with van der Waals surface area (Å²) in [5.41, 5.74) is 2.35. The van der Waals surface area contributed by atoms with Crippen LogP contribution in [-0.4, -0.2) is 54.7 Å². The van der Waals surface area contributed by atoms with Crippen LogP contribution in [0.3, 0.4) is 0 Å². The van der Waals surface area contributed by atoms with E-state index in [1.54, 1.807) is 18.2 Å². The lowest BCUT2D eigenvalue weighted by molar-refractivity contribution is 0.208. The van der Waals surface area contributed by atoms with Gasteiger partial charge in [-0.3, -0.25) is 5.10 Å². The fourth-order valence-electron chi connectivity index (χ4n) is 5.04. The van der Waals surface area contributed by atoms with Gasteiger partial charge in [0.05, 0.1) is 25.3 Å². The van der Waals surface area contributed by atoms with E-state index in [1.807, 2.05) is 24.3 Å². The Morgan fingerprint density at radius 2 is 1.61 bits per heavy atom. The zero-order chi connectivity index (χ0) is 27.0. The molecule has 0 saturated carbocycles. The summed E-state index contributed by atoms with van der Waals surface area (Å²) in [6.45, 7) is 6.18. The van der Waals surface area contributed by atoms with Gasteiger partial charge in [0.1, 0.15) is 0 Å². The predicted octanol–water partition coefficient (Wildman–Crippen LogP) is 4.81. The van der Waals surface area contributed by atoms with Gasteiger partial charge in [-0.15, -0.1) is 0 Å². The highest BCUT2D eigenvalue weighted by molar-refractivity contribution is 5.93. The van der Waals surface area contributed by atoms with Crippen molar-refractivity contribution in [3.8, 4) is 22.6 Å². The van der Waals surface area contributed by atoms with Gasteiger partial charge in [-0.1, -0.05) is 18.2 Å². The van der Waals surface area contributed by atoms with Crippen molar-refractivity contribution >= 4 is 22.4 Å². The second-order valence-electron chi connectivity index (χ2n) is 9.63. The van der Waals surface area contributed by atoms with Crippen molar-refractivity contribution < 1.29 is 23.4 Å². The summed E-state index contributed by atoms with van der Waals surface area (Å²) < 4.78 is 40.1. The molecule has 0 spiro atoms. The van der Waals surface area contributed by atoms with Crippen LogP contribution in [0.25, 0.3) is 22.0 Å². The molecule has 4 N–H and O–H groups in total. The molecule has 0 radical (unpaired) electrons. The highest BCUT2D eigenvalue weighted by Gasteiger charge is 2.23. The molecule has 8 nitrogen and oxygen atoms in total. The van der Waals surface area contributed by atoms with Crippen LogP contribution in [0.2, 0.25) is 0 Å². The van der Waals surface area contributed by atoms with Crippen molar-refractivity contribution in [3.05, 3.63) is 65.7 Å². The van der Waals surface area contributed by atoms with E-state index in [0.29, 0.717) is 34.4 Å². The largest absolute Gasteiger partial charge is 0.494 e. The Labute approximate surface area is 219 Å². The third-order valence-corrected chi connectivity index (χ3v) is 6.83. The standard InChI is InChI=1S/C28H31F2N5O3/c1-15-13-35(14-16(2)31-15)19-8-5-17(6-9-19)28(36)32-27-20-10-7-18(11-21(20)33-34-27)24-25(29)22(37-3)12-23(38-4)26(24)30/h5-12,15-16,28,31,36H,13-14H2,1-4H3,(H2,32,33,34)/t15-,16+,28?. The van der Waals surface area contributed by atoms with Crippen LogP contribution in [-0.2, 0) is 0 Å². The summed E-state index contributed by atoms with van der Waals surface area (Å²) in [6, 6.07) is 14.6. The molecular formula is C28H31F2N5O3. The SMILES string of the molecule is COc1cc(OC)c(F)c(-c2ccc3c(NC(O)c4ccc(N5C[C@@H](C)N[C@@H](C)C5)cc4)n[nH]c3c2)c1F. The number of aromatic amines is 1. The Morgan fingerprint density at radius 1 is 0.974 bits per heavy atom.